The van der Waals surface area contributed by atoms with Gasteiger partial charge in [0.2, 0.25) is 5.91 Å². The fourth-order valence-corrected chi connectivity index (χ4v) is 4.04. The van der Waals surface area contributed by atoms with Crippen molar-refractivity contribution in [3.63, 3.8) is 0 Å². The maximum absolute atomic E-state index is 12.7. The number of fused-ring (bicyclic) bond motifs is 1. The number of aryl methyl sites for hydroxylation is 1. The van der Waals surface area contributed by atoms with Gasteiger partial charge in [0, 0.05) is 57.1 Å². The van der Waals surface area contributed by atoms with Crippen molar-refractivity contribution in [1.82, 2.24) is 4.90 Å². The first kappa shape index (κ1) is 17.1. The third-order valence-electron chi connectivity index (χ3n) is 5.57. The Kier molecular flexibility index (Phi) is 4.93. The molecule has 0 spiro atoms. The Morgan fingerprint density at radius 1 is 0.962 bits per heavy atom. The first-order valence-electron chi connectivity index (χ1n) is 9.63. The molecule has 0 atom stereocenters. The molecule has 2 aromatic carbocycles. The minimum atomic E-state index is 0.260. The number of hydrogen-bond acceptors (Lipinski definition) is 3. The monoisotopic (exact) mass is 349 g/mol. The second-order valence-electron chi connectivity index (χ2n) is 7.34. The maximum atomic E-state index is 12.7. The largest absolute Gasteiger partial charge is 0.369 e. The molecule has 2 aliphatic heterocycles. The van der Waals surface area contributed by atoms with Gasteiger partial charge in [0.25, 0.3) is 0 Å². The van der Waals surface area contributed by atoms with Gasteiger partial charge in [-0.15, -0.1) is 0 Å². The molecule has 0 radical (unpaired) electrons. The molecule has 136 valence electrons. The number of rotatable bonds is 4. The lowest BCUT2D eigenvalue weighted by Gasteiger charge is -2.36. The summed E-state index contributed by atoms with van der Waals surface area (Å²) in [6, 6.07) is 17.0. The molecule has 0 aliphatic carbocycles. The Morgan fingerprint density at radius 2 is 1.77 bits per heavy atom. The van der Waals surface area contributed by atoms with Crippen LogP contribution in [0.2, 0.25) is 0 Å². The van der Waals surface area contributed by atoms with Crippen LogP contribution in [0.3, 0.4) is 0 Å². The van der Waals surface area contributed by atoms with Crippen molar-refractivity contribution < 1.29 is 4.79 Å². The van der Waals surface area contributed by atoms with Gasteiger partial charge >= 0.3 is 0 Å². The molecular formula is C22H27N3O. The first-order chi connectivity index (χ1) is 12.7. The summed E-state index contributed by atoms with van der Waals surface area (Å²) in [5, 5.41) is 0. The van der Waals surface area contributed by atoms with Crippen molar-refractivity contribution in [3.8, 4) is 0 Å². The van der Waals surface area contributed by atoms with Crippen LogP contribution in [-0.4, -0.2) is 50.1 Å². The van der Waals surface area contributed by atoms with Gasteiger partial charge in [-0.1, -0.05) is 30.3 Å². The van der Waals surface area contributed by atoms with E-state index in [4.69, 9.17) is 0 Å². The lowest BCUT2D eigenvalue weighted by Crippen LogP contribution is -2.47. The fraction of sp³-hybridized carbons (Fsp3) is 0.409. The van der Waals surface area contributed by atoms with Gasteiger partial charge < -0.3 is 9.80 Å². The number of piperazine rings is 1. The van der Waals surface area contributed by atoms with Crippen molar-refractivity contribution in [1.29, 1.82) is 0 Å². The Bertz CT molecular complexity index is 780. The third-order valence-corrected chi connectivity index (χ3v) is 5.57. The van der Waals surface area contributed by atoms with Gasteiger partial charge in [-0.25, -0.2) is 0 Å². The van der Waals surface area contributed by atoms with E-state index in [0.29, 0.717) is 6.42 Å². The first-order valence-corrected chi connectivity index (χ1v) is 9.63. The van der Waals surface area contributed by atoms with Crippen LogP contribution < -0.4 is 9.80 Å². The van der Waals surface area contributed by atoms with E-state index in [2.05, 4.69) is 59.2 Å². The smallest absolute Gasteiger partial charge is 0.228 e. The molecular weight excluding hydrogens is 322 g/mol. The van der Waals surface area contributed by atoms with Crippen LogP contribution in [0.4, 0.5) is 11.4 Å². The van der Waals surface area contributed by atoms with Crippen molar-refractivity contribution in [2.24, 2.45) is 0 Å². The number of carbonyl (C=O) groups is 1. The highest BCUT2D eigenvalue weighted by Gasteiger charge is 2.25. The number of para-hydroxylation sites is 1. The van der Waals surface area contributed by atoms with Crippen LogP contribution in [0, 0.1) is 6.92 Å². The predicted molar refractivity (Wildman–Crippen MR) is 107 cm³/mol. The van der Waals surface area contributed by atoms with Crippen LogP contribution in [0.25, 0.3) is 0 Å². The molecule has 4 nitrogen and oxygen atoms in total. The molecule has 0 aromatic heterocycles. The molecule has 2 aliphatic rings. The summed E-state index contributed by atoms with van der Waals surface area (Å²) < 4.78 is 0. The summed E-state index contributed by atoms with van der Waals surface area (Å²) in [5.74, 6) is 0.260. The second kappa shape index (κ2) is 7.50. The number of carbonyl (C=O) groups excluding carboxylic acids is 1. The van der Waals surface area contributed by atoms with Crippen LogP contribution in [0.5, 0.6) is 0 Å². The van der Waals surface area contributed by atoms with E-state index in [1.807, 2.05) is 11.0 Å². The SMILES string of the molecule is Cc1cccc(N2CCN(CCC(=O)N3CCc4ccccc43)CC2)c1. The third kappa shape index (κ3) is 3.61. The van der Waals surface area contributed by atoms with Crippen molar-refractivity contribution in [2.45, 2.75) is 19.8 Å². The minimum Gasteiger partial charge on any atom is -0.369 e. The maximum Gasteiger partial charge on any atom is 0.228 e. The molecule has 0 unspecified atom stereocenters. The Hall–Kier alpha value is -2.33. The highest BCUT2D eigenvalue weighted by molar-refractivity contribution is 5.95. The van der Waals surface area contributed by atoms with Gasteiger partial charge in [-0.05, 0) is 42.7 Å². The molecule has 1 amide bonds. The molecule has 4 rings (SSSR count). The number of hydrogen-bond donors (Lipinski definition) is 0. The highest BCUT2D eigenvalue weighted by Crippen LogP contribution is 2.28. The average molecular weight is 349 g/mol. The second-order valence-corrected chi connectivity index (χ2v) is 7.34. The van der Waals surface area contributed by atoms with Crippen LogP contribution >= 0.6 is 0 Å². The molecule has 2 aromatic rings. The van der Waals surface area contributed by atoms with Gasteiger partial charge in [0.05, 0.1) is 0 Å². The van der Waals surface area contributed by atoms with Crippen LogP contribution in [0.15, 0.2) is 48.5 Å². The molecule has 0 saturated carbocycles. The van der Waals surface area contributed by atoms with E-state index in [0.717, 1.165) is 51.4 Å². The Morgan fingerprint density at radius 3 is 2.58 bits per heavy atom. The summed E-state index contributed by atoms with van der Waals surface area (Å²) in [7, 11) is 0. The molecule has 0 N–H and O–H groups in total. The minimum absolute atomic E-state index is 0.260. The van der Waals surface area contributed by atoms with Crippen molar-refractivity contribution >= 4 is 17.3 Å². The lowest BCUT2D eigenvalue weighted by molar-refractivity contribution is -0.118. The molecule has 26 heavy (non-hydrogen) atoms. The zero-order valence-electron chi connectivity index (χ0n) is 15.5. The van der Waals surface area contributed by atoms with E-state index in [1.165, 1.54) is 16.8 Å². The lowest BCUT2D eigenvalue weighted by atomic mass is 10.2. The van der Waals surface area contributed by atoms with Crippen molar-refractivity contribution in [3.05, 3.63) is 59.7 Å². The highest BCUT2D eigenvalue weighted by atomic mass is 16.2. The fourth-order valence-electron chi connectivity index (χ4n) is 4.04. The van der Waals surface area contributed by atoms with E-state index in [9.17, 15) is 4.79 Å². The topological polar surface area (TPSA) is 26.8 Å². The zero-order chi connectivity index (χ0) is 17.9. The van der Waals surface area contributed by atoms with E-state index < -0.39 is 0 Å². The summed E-state index contributed by atoms with van der Waals surface area (Å²) >= 11 is 0. The quantitative estimate of drug-likeness (QED) is 0.849. The number of nitrogens with zero attached hydrogens (tertiary/aromatic N) is 3. The molecule has 1 fully saturated rings. The standard InChI is InChI=1S/C22H27N3O/c1-18-5-4-7-20(17-18)24-15-13-23(14-16-24)11-10-22(26)25-12-9-19-6-2-3-8-21(19)25/h2-8,17H,9-16H2,1H3. The van der Waals surface area contributed by atoms with Crippen LogP contribution in [0.1, 0.15) is 17.5 Å². The van der Waals surface area contributed by atoms with Crippen molar-refractivity contribution in [2.75, 3.05) is 49.1 Å². The molecule has 2 heterocycles. The zero-order valence-corrected chi connectivity index (χ0v) is 15.5. The molecule has 0 bridgehead atoms. The molecule has 4 heteroatoms. The Labute approximate surface area is 156 Å². The van der Waals surface area contributed by atoms with E-state index in [-0.39, 0.29) is 5.91 Å². The van der Waals surface area contributed by atoms with E-state index in [1.54, 1.807) is 0 Å². The van der Waals surface area contributed by atoms with E-state index >= 15 is 0 Å². The average Bonchev–Trinajstić information content (AvgIpc) is 3.11. The van der Waals surface area contributed by atoms with Gasteiger partial charge in [-0.2, -0.15) is 0 Å². The van der Waals surface area contributed by atoms with Crippen LogP contribution in [-0.2, 0) is 11.2 Å². The van der Waals surface area contributed by atoms with Gasteiger partial charge in [-0.3, -0.25) is 9.69 Å². The number of amides is 1. The Balaban J connectivity index is 1.27. The number of benzene rings is 2. The molecule has 1 saturated heterocycles. The summed E-state index contributed by atoms with van der Waals surface area (Å²) in [5.41, 5.74) is 5.03. The summed E-state index contributed by atoms with van der Waals surface area (Å²) in [4.78, 5) is 19.5. The summed E-state index contributed by atoms with van der Waals surface area (Å²) in [6.07, 6.45) is 1.59. The van der Waals surface area contributed by atoms with Gasteiger partial charge in [0.1, 0.15) is 0 Å². The predicted octanol–water partition coefficient (Wildman–Crippen LogP) is 3.10. The normalized spacial score (nSPS) is 17.4. The summed E-state index contributed by atoms with van der Waals surface area (Å²) in [6.45, 7) is 7.95. The van der Waals surface area contributed by atoms with Gasteiger partial charge in [0.15, 0.2) is 0 Å². The number of anilines is 2.